The molecule has 1 heterocycles. The third-order valence-electron chi connectivity index (χ3n) is 4.23. The van der Waals surface area contributed by atoms with Gasteiger partial charge in [0.05, 0.1) is 33.3 Å². The number of nitriles is 1. The summed E-state index contributed by atoms with van der Waals surface area (Å²) in [7, 11) is 0. The van der Waals surface area contributed by atoms with Gasteiger partial charge in [-0.25, -0.2) is 0 Å². The highest BCUT2D eigenvalue weighted by Crippen LogP contribution is 2.43. The molecule has 1 atom stereocenters. The maximum Gasteiger partial charge on any atom is 0.316 e. The predicted octanol–water partition coefficient (Wildman–Crippen LogP) is 3.95. The number of nitrogens with one attached hydrogen (secondary N) is 1. The van der Waals surface area contributed by atoms with Crippen LogP contribution < -0.4 is 5.32 Å². The second-order valence-corrected chi connectivity index (χ2v) is 8.68. The zero-order chi connectivity index (χ0) is 22.6. The number of ether oxygens (including phenoxy) is 1. The lowest BCUT2D eigenvalue weighted by Gasteiger charge is -2.29. The van der Waals surface area contributed by atoms with E-state index in [4.69, 9.17) is 4.74 Å². The summed E-state index contributed by atoms with van der Waals surface area (Å²) in [4.78, 5) is 35.5. The van der Waals surface area contributed by atoms with Crippen molar-refractivity contribution in [3.8, 4) is 6.07 Å². The molecule has 0 fully saturated rings. The first-order valence-electron chi connectivity index (χ1n) is 9.17. The van der Waals surface area contributed by atoms with Gasteiger partial charge in [-0.15, -0.1) is 0 Å². The number of para-hydroxylation sites is 1. The van der Waals surface area contributed by atoms with Crippen LogP contribution in [0.2, 0.25) is 0 Å². The molecule has 1 aromatic rings. The number of benzene rings is 1. The fourth-order valence-corrected chi connectivity index (χ4v) is 4.07. The monoisotopic (exact) mass is 429 g/mol. The van der Waals surface area contributed by atoms with Crippen LogP contribution in [-0.2, 0) is 14.3 Å². The van der Waals surface area contributed by atoms with E-state index < -0.39 is 22.4 Å². The molecule has 1 aliphatic heterocycles. The Morgan fingerprint density at radius 1 is 1.33 bits per heavy atom. The Balaban J connectivity index is 2.54. The normalized spacial score (nSPS) is 16.6. The van der Waals surface area contributed by atoms with Crippen LogP contribution in [-0.4, -0.2) is 28.0 Å². The van der Waals surface area contributed by atoms with Gasteiger partial charge >= 0.3 is 5.97 Å². The Bertz CT molecular complexity index is 999. The van der Waals surface area contributed by atoms with Gasteiger partial charge < -0.3 is 10.1 Å². The Hall–Kier alpha value is -3.12. The van der Waals surface area contributed by atoms with Crippen molar-refractivity contribution in [2.75, 3.05) is 5.75 Å². The lowest BCUT2D eigenvalue weighted by atomic mass is 9.80. The van der Waals surface area contributed by atoms with Crippen molar-refractivity contribution >= 4 is 29.2 Å². The van der Waals surface area contributed by atoms with Crippen molar-refractivity contribution in [3.05, 3.63) is 61.8 Å². The molecular formula is C21H23N3O5S. The number of nitro benzene ring substituents is 1. The van der Waals surface area contributed by atoms with E-state index in [9.17, 15) is 25.0 Å². The number of allylic oxidation sites excluding steroid dienone is 3. The lowest BCUT2D eigenvalue weighted by Crippen LogP contribution is -2.29. The van der Waals surface area contributed by atoms with E-state index in [1.807, 2.05) is 0 Å². The van der Waals surface area contributed by atoms with Gasteiger partial charge in [0.15, 0.2) is 5.78 Å². The van der Waals surface area contributed by atoms with Gasteiger partial charge in [0, 0.05) is 22.9 Å². The van der Waals surface area contributed by atoms with Gasteiger partial charge in [-0.1, -0.05) is 30.0 Å². The molecule has 1 unspecified atom stereocenters. The number of rotatable bonds is 6. The number of nitro groups is 1. The largest absolute Gasteiger partial charge is 0.459 e. The van der Waals surface area contributed by atoms with Crippen molar-refractivity contribution in [1.29, 1.82) is 5.26 Å². The zero-order valence-corrected chi connectivity index (χ0v) is 18.3. The fourth-order valence-electron chi connectivity index (χ4n) is 3.20. The predicted molar refractivity (Wildman–Crippen MR) is 113 cm³/mol. The molecule has 2 rings (SSSR count). The number of thioether (sulfide) groups is 1. The summed E-state index contributed by atoms with van der Waals surface area (Å²) in [5.41, 5.74) is 0.336. The van der Waals surface area contributed by atoms with Crippen molar-refractivity contribution in [2.24, 2.45) is 0 Å². The molecule has 8 nitrogen and oxygen atoms in total. The third-order valence-corrected chi connectivity index (χ3v) is 5.22. The van der Waals surface area contributed by atoms with E-state index in [1.165, 1.54) is 25.1 Å². The summed E-state index contributed by atoms with van der Waals surface area (Å²) in [5, 5.41) is 24.8. The summed E-state index contributed by atoms with van der Waals surface area (Å²) in [6, 6.07) is 8.11. The van der Waals surface area contributed by atoms with Crippen LogP contribution in [0.5, 0.6) is 0 Å². The van der Waals surface area contributed by atoms with Crippen LogP contribution in [0, 0.1) is 21.4 Å². The number of carbonyl (C=O) groups is 2. The Morgan fingerprint density at radius 3 is 2.50 bits per heavy atom. The first-order chi connectivity index (χ1) is 14.0. The average Bonchev–Trinajstić information content (AvgIpc) is 2.63. The van der Waals surface area contributed by atoms with Crippen LogP contribution in [0.3, 0.4) is 0 Å². The lowest BCUT2D eigenvalue weighted by molar-refractivity contribution is -0.385. The number of hydrogen-bond acceptors (Lipinski definition) is 8. The molecule has 1 N–H and O–H groups in total. The molecule has 9 heteroatoms. The van der Waals surface area contributed by atoms with E-state index in [2.05, 4.69) is 11.4 Å². The highest BCUT2D eigenvalue weighted by atomic mass is 32.2. The average molecular weight is 429 g/mol. The molecule has 0 spiro atoms. The molecule has 0 aliphatic carbocycles. The van der Waals surface area contributed by atoms with E-state index in [0.717, 1.165) is 11.8 Å². The molecule has 0 saturated heterocycles. The molecular weight excluding hydrogens is 406 g/mol. The van der Waals surface area contributed by atoms with E-state index in [0.29, 0.717) is 10.7 Å². The number of esters is 1. The minimum atomic E-state index is -0.906. The highest BCUT2D eigenvalue weighted by Gasteiger charge is 2.36. The Morgan fingerprint density at radius 2 is 1.97 bits per heavy atom. The molecule has 158 valence electrons. The van der Waals surface area contributed by atoms with E-state index in [-0.39, 0.29) is 33.9 Å². The maximum absolute atomic E-state index is 12.4. The van der Waals surface area contributed by atoms with Gasteiger partial charge in [0.25, 0.3) is 5.69 Å². The number of Topliss-reactive ketones (excluding diaryl/α,β-unsaturated/α-hetero) is 1. The maximum atomic E-state index is 12.4. The minimum absolute atomic E-state index is 0.0585. The highest BCUT2D eigenvalue weighted by molar-refractivity contribution is 8.03. The summed E-state index contributed by atoms with van der Waals surface area (Å²) in [6.45, 7) is 8.29. The molecule has 0 aromatic heterocycles. The third kappa shape index (κ3) is 5.27. The summed E-state index contributed by atoms with van der Waals surface area (Å²) in [5.74, 6) is -1.72. The number of nitrogens with zero attached hydrogens (tertiary/aromatic N) is 2. The van der Waals surface area contributed by atoms with Crippen LogP contribution in [0.4, 0.5) is 5.69 Å². The van der Waals surface area contributed by atoms with E-state index >= 15 is 0 Å². The molecule has 0 amide bonds. The van der Waals surface area contributed by atoms with Crippen molar-refractivity contribution in [3.63, 3.8) is 0 Å². The first-order valence-corrected chi connectivity index (χ1v) is 10.2. The Kier molecular flexibility index (Phi) is 7.05. The number of carbonyl (C=O) groups excluding carboxylic acids is 2. The number of ketones is 1. The fraction of sp³-hybridized carbons (Fsp3) is 0.381. The molecule has 0 bridgehead atoms. The van der Waals surface area contributed by atoms with Crippen LogP contribution in [0.25, 0.3) is 0 Å². The van der Waals surface area contributed by atoms with Crippen LogP contribution in [0.15, 0.2) is 46.1 Å². The summed E-state index contributed by atoms with van der Waals surface area (Å²) >= 11 is 1.07. The number of hydrogen-bond donors (Lipinski definition) is 1. The number of dihydropyridines is 1. The van der Waals surface area contributed by atoms with Crippen LogP contribution in [0.1, 0.15) is 46.1 Å². The van der Waals surface area contributed by atoms with Gasteiger partial charge in [0.1, 0.15) is 5.60 Å². The summed E-state index contributed by atoms with van der Waals surface area (Å²) in [6.07, 6.45) is 0. The second kappa shape index (κ2) is 9.13. The molecule has 0 saturated carbocycles. The van der Waals surface area contributed by atoms with Gasteiger partial charge in [0.2, 0.25) is 0 Å². The smallest absolute Gasteiger partial charge is 0.316 e. The molecule has 1 aromatic carbocycles. The molecule has 1 aliphatic rings. The van der Waals surface area contributed by atoms with Gasteiger partial charge in [-0.2, -0.15) is 5.26 Å². The SMILES string of the molecule is CC(=O)C1=C(C)NC(SCC(=O)OC(C)(C)C)=C(C#N)C1c1ccccc1[N+](=O)[O-]. The topological polar surface area (TPSA) is 122 Å². The minimum Gasteiger partial charge on any atom is -0.459 e. The van der Waals surface area contributed by atoms with Crippen molar-refractivity contribution < 1.29 is 19.2 Å². The van der Waals surface area contributed by atoms with Crippen molar-refractivity contribution in [1.82, 2.24) is 5.32 Å². The Labute approximate surface area is 179 Å². The van der Waals surface area contributed by atoms with Gasteiger partial charge in [-0.05, 0) is 34.6 Å². The molecule has 0 radical (unpaired) electrons. The quantitative estimate of drug-likeness (QED) is 0.410. The van der Waals surface area contributed by atoms with Crippen LogP contribution >= 0.6 is 11.8 Å². The van der Waals surface area contributed by atoms with Crippen molar-refractivity contribution in [2.45, 2.75) is 46.1 Å². The van der Waals surface area contributed by atoms with E-state index in [1.54, 1.807) is 33.8 Å². The second-order valence-electron chi connectivity index (χ2n) is 7.70. The summed E-state index contributed by atoms with van der Waals surface area (Å²) < 4.78 is 5.30. The first kappa shape index (κ1) is 23.2. The van der Waals surface area contributed by atoms with Gasteiger partial charge in [-0.3, -0.25) is 19.7 Å². The standard InChI is InChI=1S/C21H23N3O5S/c1-12-18(13(2)25)19(14-8-6-7-9-16(14)24(27)28)15(10-22)20(23-12)30-11-17(26)29-21(3,4)5/h6-9,19,23H,11H2,1-5H3. The molecule has 30 heavy (non-hydrogen) atoms. The zero-order valence-electron chi connectivity index (χ0n) is 17.4.